The number of rotatable bonds is 2. The van der Waals surface area contributed by atoms with Crippen molar-refractivity contribution >= 4 is 37.4 Å². The van der Waals surface area contributed by atoms with Gasteiger partial charge in [-0.15, -0.1) is 0 Å². The van der Waals surface area contributed by atoms with Crippen molar-refractivity contribution in [1.82, 2.24) is 0 Å². The van der Waals surface area contributed by atoms with E-state index in [4.69, 9.17) is 0 Å². The lowest BCUT2D eigenvalue weighted by Crippen LogP contribution is -2.39. The normalized spacial score (nSPS) is 14.6. The predicted octanol–water partition coefficient (Wildman–Crippen LogP) is 9.28. The summed E-state index contributed by atoms with van der Waals surface area (Å²) in [5.74, 6) is 0. The van der Waals surface area contributed by atoms with Gasteiger partial charge in [0.2, 0.25) is 0 Å². The average molecular weight is 656 g/mol. The number of alkyl halides is 12. The van der Waals surface area contributed by atoms with E-state index < -0.39 is 58.1 Å². The molecule has 0 saturated heterocycles. The minimum atomic E-state index is -5.07. The third kappa shape index (κ3) is 8.41. The summed E-state index contributed by atoms with van der Waals surface area (Å²) in [6, 6.07) is 3.76. The van der Waals surface area contributed by atoms with E-state index >= 15 is 0 Å². The van der Waals surface area contributed by atoms with Crippen LogP contribution in [0, 0.1) is 0 Å². The number of benzene rings is 2. The lowest BCUT2D eigenvalue weighted by molar-refractivity contribution is -0.259. The highest BCUT2D eigenvalue weighted by molar-refractivity contribution is 9.10. The van der Waals surface area contributed by atoms with Gasteiger partial charge >= 0.3 is 24.7 Å². The molecule has 1 nitrogen and oxygen atoms in total. The Kier molecular flexibility index (Phi) is 9.23. The maximum atomic E-state index is 12.5. The second-order valence-corrected chi connectivity index (χ2v) is 8.83. The molecule has 0 radical (unpaired) electrons. The highest BCUT2D eigenvalue weighted by Crippen LogP contribution is 2.42. The zero-order valence-electron chi connectivity index (χ0n) is 16.9. The molecule has 0 aromatic heterocycles. The maximum absolute atomic E-state index is 12.5. The summed E-state index contributed by atoms with van der Waals surface area (Å²) in [5.41, 5.74) is -8.58. The fourth-order valence-corrected chi connectivity index (χ4v) is 3.28. The Hall–Kier alpha value is -1.74. The molecule has 2 aromatic carbocycles. The summed E-state index contributed by atoms with van der Waals surface area (Å²) >= 11 is 5.42. The highest BCUT2D eigenvalue weighted by atomic mass is 79.9. The summed E-state index contributed by atoms with van der Waals surface area (Å²) < 4.78 is 149. The van der Waals surface area contributed by atoms with E-state index in [1.807, 2.05) is 0 Å². The van der Waals surface area contributed by atoms with Gasteiger partial charge in [-0.05, 0) is 54.4 Å². The van der Waals surface area contributed by atoms with Crippen LogP contribution in [-0.4, -0.2) is 17.5 Å². The summed E-state index contributed by atoms with van der Waals surface area (Å²) in [5, 5.41) is 9.32. The molecule has 0 heterocycles. The van der Waals surface area contributed by atoms with Crippen LogP contribution in [0.2, 0.25) is 0 Å². The number of allylic oxidation sites excluding steroid dienone is 1. The van der Waals surface area contributed by atoms with Crippen molar-refractivity contribution in [3.63, 3.8) is 0 Å². The van der Waals surface area contributed by atoms with Crippen molar-refractivity contribution in [1.29, 1.82) is 0 Å². The summed E-state index contributed by atoms with van der Waals surface area (Å²) in [4.78, 5) is 0. The van der Waals surface area contributed by atoms with Crippen LogP contribution in [0.5, 0.6) is 0 Å². The van der Waals surface area contributed by atoms with Crippen LogP contribution < -0.4 is 0 Å². The molecule has 35 heavy (non-hydrogen) atoms. The highest BCUT2D eigenvalue weighted by Gasteiger charge is 2.51. The number of halogens is 14. The van der Waals surface area contributed by atoms with Gasteiger partial charge in [-0.3, -0.25) is 0 Å². The molecule has 1 atom stereocenters. The summed E-state index contributed by atoms with van der Waals surface area (Å²) in [7, 11) is 0. The first-order valence-electron chi connectivity index (χ1n) is 8.69. The molecule has 0 saturated carbocycles. The number of hydrogen-bond acceptors (Lipinski definition) is 1. The van der Waals surface area contributed by atoms with Crippen LogP contribution in [-0.2, 0) is 18.0 Å². The van der Waals surface area contributed by atoms with Gasteiger partial charge in [0.1, 0.15) is 0 Å². The molecule has 0 aliphatic heterocycles. The van der Waals surface area contributed by atoms with Crippen molar-refractivity contribution in [3.8, 4) is 0 Å². The van der Waals surface area contributed by atoms with E-state index in [0.29, 0.717) is 25.1 Å². The summed E-state index contributed by atoms with van der Waals surface area (Å²) in [6.45, 7) is 3.15. The monoisotopic (exact) mass is 654 g/mol. The molecule has 0 fully saturated rings. The van der Waals surface area contributed by atoms with Gasteiger partial charge < -0.3 is 5.11 Å². The quantitative estimate of drug-likeness (QED) is 0.320. The van der Waals surface area contributed by atoms with Gasteiger partial charge in [0, 0.05) is 8.95 Å². The topological polar surface area (TPSA) is 20.2 Å². The number of hydrogen-bond donors (Lipinski definition) is 1. The molecular weight excluding hydrogens is 644 g/mol. The molecule has 196 valence electrons. The van der Waals surface area contributed by atoms with Crippen LogP contribution in [0.3, 0.4) is 0 Å². The van der Waals surface area contributed by atoms with Crippen LogP contribution in [0.25, 0.3) is 5.57 Å². The molecule has 0 spiro atoms. The Bertz CT molecular complexity index is 1060. The van der Waals surface area contributed by atoms with Crippen LogP contribution in [0.4, 0.5) is 52.7 Å². The molecule has 15 heteroatoms. The van der Waals surface area contributed by atoms with E-state index in [2.05, 4.69) is 38.4 Å². The van der Waals surface area contributed by atoms with Gasteiger partial charge in [-0.25, -0.2) is 0 Å². The molecule has 0 aliphatic carbocycles. The zero-order chi connectivity index (χ0) is 27.8. The molecule has 1 unspecified atom stereocenters. The van der Waals surface area contributed by atoms with Crippen LogP contribution >= 0.6 is 31.9 Å². The van der Waals surface area contributed by atoms with E-state index in [0.717, 1.165) is 12.1 Å². The molecule has 0 amide bonds. The Morgan fingerprint density at radius 1 is 0.657 bits per heavy atom. The third-order valence-corrected chi connectivity index (χ3v) is 5.17. The first-order chi connectivity index (χ1) is 15.4. The second-order valence-electron chi connectivity index (χ2n) is 7.00. The molecule has 1 N–H and O–H groups in total. The fraction of sp³-hybridized carbons (Fsp3) is 0.300. The van der Waals surface area contributed by atoms with Crippen molar-refractivity contribution in [2.45, 2.75) is 37.2 Å². The first-order valence-corrected chi connectivity index (χ1v) is 10.3. The van der Waals surface area contributed by atoms with Crippen molar-refractivity contribution in [3.05, 3.63) is 74.2 Å². The Morgan fingerprint density at radius 3 is 1.40 bits per heavy atom. The van der Waals surface area contributed by atoms with Crippen molar-refractivity contribution < 1.29 is 57.8 Å². The number of aliphatic hydroxyl groups is 1. The van der Waals surface area contributed by atoms with Gasteiger partial charge in [0.15, 0.2) is 5.60 Å². The smallest absolute Gasteiger partial charge is 0.376 e. The van der Waals surface area contributed by atoms with Crippen molar-refractivity contribution in [2.24, 2.45) is 0 Å². The lowest BCUT2D eigenvalue weighted by atomic mass is 9.94. The molecule has 2 rings (SSSR count). The minimum Gasteiger partial charge on any atom is -0.376 e. The third-order valence-electron chi connectivity index (χ3n) is 4.25. The predicted molar refractivity (Wildman–Crippen MR) is 109 cm³/mol. The van der Waals surface area contributed by atoms with Crippen LogP contribution in [0.1, 0.15) is 29.2 Å². The first kappa shape index (κ1) is 31.3. The maximum Gasteiger partial charge on any atom is 0.421 e. The standard InChI is InChI=1S/C10H7BrF6O.C10H5BrF6/c1-8(18,10(15,16)17)5-2-6(9(12,13)14)4-7(11)3-5;1-5(9(12,13)14)6-2-7(10(15,16)17)4-8(11)3-6/h2-4,18H,1H3;2-4H,1H2. The van der Waals surface area contributed by atoms with E-state index in [1.165, 1.54) is 0 Å². The zero-order valence-corrected chi connectivity index (χ0v) is 20.1. The van der Waals surface area contributed by atoms with Crippen molar-refractivity contribution in [2.75, 3.05) is 0 Å². The SMILES string of the molecule is C=C(c1cc(Br)cc(C(F)(F)F)c1)C(F)(F)F.CC(O)(c1cc(Br)cc(C(F)(F)F)c1)C(F)(F)F. The Morgan fingerprint density at radius 2 is 1.03 bits per heavy atom. The van der Waals surface area contributed by atoms with Crippen LogP contribution in [0.15, 0.2) is 51.9 Å². The molecule has 0 bridgehead atoms. The lowest BCUT2D eigenvalue weighted by Gasteiger charge is -2.27. The second kappa shape index (κ2) is 10.3. The molecule has 2 aromatic rings. The fourth-order valence-electron chi connectivity index (χ4n) is 2.29. The minimum absolute atomic E-state index is 0.0901. The molecular formula is C20H12Br2F12O. The Labute approximate surface area is 206 Å². The molecule has 0 aliphatic rings. The van der Waals surface area contributed by atoms with Gasteiger partial charge in [-0.1, -0.05) is 38.4 Å². The summed E-state index contributed by atoms with van der Waals surface area (Å²) in [6.07, 6.45) is -19.3. The van der Waals surface area contributed by atoms with E-state index in [1.54, 1.807) is 0 Å². The van der Waals surface area contributed by atoms with Gasteiger partial charge in [0.25, 0.3) is 0 Å². The Balaban J connectivity index is 0.000000351. The average Bonchev–Trinajstić information content (AvgIpc) is 2.64. The van der Waals surface area contributed by atoms with Gasteiger partial charge in [0.05, 0.1) is 16.7 Å². The van der Waals surface area contributed by atoms with E-state index in [9.17, 15) is 57.8 Å². The van der Waals surface area contributed by atoms with E-state index in [-0.39, 0.29) is 15.0 Å². The van der Waals surface area contributed by atoms with Gasteiger partial charge in [-0.2, -0.15) is 52.7 Å². The largest absolute Gasteiger partial charge is 0.421 e.